The average molecular weight is 261 g/mol. The lowest BCUT2D eigenvalue weighted by Crippen LogP contribution is -2.58. The Kier molecular flexibility index (Phi) is 4.30. The van der Waals surface area contributed by atoms with E-state index < -0.39 is 14.6 Å². The Morgan fingerprint density at radius 1 is 1.29 bits per heavy atom. The van der Waals surface area contributed by atoms with E-state index in [9.17, 15) is 8.42 Å². The molecule has 0 radical (unpaired) electrons. The van der Waals surface area contributed by atoms with Gasteiger partial charge in [0.15, 0.2) is 9.84 Å². The average Bonchev–Trinajstić information content (AvgIpc) is 2.04. The van der Waals surface area contributed by atoms with Crippen LogP contribution in [0, 0.1) is 11.3 Å². The molecule has 1 aliphatic rings. The molecular weight excluding hydrogens is 234 g/mol. The van der Waals surface area contributed by atoms with Crippen molar-refractivity contribution in [2.75, 3.05) is 19.3 Å². The van der Waals surface area contributed by atoms with Crippen molar-refractivity contribution in [2.24, 2.45) is 11.3 Å². The normalized spacial score (nSPS) is 30.1. The summed E-state index contributed by atoms with van der Waals surface area (Å²) in [5.74, 6) is 0.528. The minimum absolute atomic E-state index is 0.221. The zero-order valence-corrected chi connectivity index (χ0v) is 12.7. The largest absolute Gasteiger partial charge is 0.315 e. The van der Waals surface area contributed by atoms with E-state index in [1.165, 1.54) is 6.26 Å². The standard InChI is InChI=1S/C13H27NO2S/c1-6-7-14-10-13(17(5,15)16)8-11(9-13)12(2,3)4/h11,14H,6-10H2,1-5H3. The van der Waals surface area contributed by atoms with Gasteiger partial charge in [-0.1, -0.05) is 27.7 Å². The van der Waals surface area contributed by atoms with Crippen LogP contribution >= 0.6 is 0 Å². The zero-order chi connectivity index (χ0) is 13.3. The first kappa shape index (κ1) is 15.0. The fraction of sp³-hybridized carbons (Fsp3) is 1.00. The summed E-state index contributed by atoms with van der Waals surface area (Å²) >= 11 is 0. The van der Waals surface area contributed by atoms with Crippen LogP contribution in [0.3, 0.4) is 0 Å². The Balaban J connectivity index is 2.68. The van der Waals surface area contributed by atoms with Gasteiger partial charge in [-0.15, -0.1) is 0 Å². The number of hydrogen-bond acceptors (Lipinski definition) is 3. The molecule has 0 amide bonds. The first-order valence-corrected chi connectivity index (χ1v) is 8.42. The van der Waals surface area contributed by atoms with Gasteiger partial charge in [0.25, 0.3) is 0 Å². The summed E-state index contributed by atoms with van der Waals surface area (Å²) in [5, 5.41) is 3.28. The maximum absolute atomic E-state index is 12.0. The fourth-order valence-electron chi connectivity index (χ4n) is 2.52. The van der Waals surface area contributed by atoms with Crippen molar-refractivity contribution in [3.8, 4) is 0 Å². The molecule has 1 rings (SSSR count). The van der Waals surface area contributed by atoms with Crippen LogP contribution in [0.15, 0.2) is 0 Å². The van der Waals surface area contributed by atoms with E-state index in [1.807, 2.05) is 0 Å². The Morgan fingerprint density at radius 3 is 2.18 bits per heavy atom. The Hall–Kier alpha value is -0.0900. The van der Waals surface area contributed by atoms with Crippen LogP contribution < -0.4 is 5.32 Å². The second-order valence-corrected chi connectivity index (χ2v) is 9.01. The van der Waals surface area contributed by atoms with Gasteiger partial charge in [0.1, 0.15) is 0 Å². The molecule has 1 aliphatic carbocycles. The number of rotatable bonds is 5. The van der Waals surface area contributed by atoms with E-state index in [-0.39, 0.29) is 5.41 Å². The molecule has 0 spiro atoms. The minimum Gasteiger partial charge on any atom is -0.315 e. The van der Waals surface area contributed by atoms with Crippen LogP contribution in [0.2, 0.25) is 0 Å². The highest BCUT2D eigenvalue weighted by atomic mass is 32.2. The second-order valence-electron chi connectivity index (χ2n) is 6.60. The molecule has 0 aromatic rings. The van der Waals surface area contributed by atoms with Gasteiger partial charge in [0.05, 0.1) is 4.75 Å². The Bertz CT molecular complexity index is 348. The van der Waals surface area contributed by atoms with E-state index in [4.69, 9.17) is 0 Å². The molecule has 0 atom stereocenters. The molecule has 0 bridgehead atoms. The van der Waals surface area contributed by atoms with Gasteiger partial charge >= 0.3 is 0 Å². The third-order valence-electron chi connectivity index (χ3n) is 4.12. The summed E-state index contributed by atoms with van der Waals surface area (Å²) < 4.78 is 23.4. The predicted octanol–water partition coefficient (Wildman–Crippen LogP) is 2.23. The molecule has 3 nitrogen and oxygen atoms in total. The fourth-order valence-corrected chi connectivity index (χ4v) is 3.89. The lowest BCUT2D eigenvalue weighted by molar-refractivity contribution is 0.0920. The maximum Gasteiger partial charge on any atom is 0.154 e. The highest BCUT2D eigenvalue weighted by molar-refractivity contribution is 7.92. The molecule has 4 heteroatoms. The molecule has 17 heavy (non-hydrogen) atoms. The van der Waals surface area contributed by atoms with Gasteiger partial charge in [-0.3, -0.25) is 0 Å². The van der Waals surface area contributed by atoms with Crippen molar-refractivity contribution >= 4 is 9.84 Å². The third kappa shape index (κ3) is 3.22. The van der Waals surface area contributed by atoms with Crippen LogP contribution in [0.1, 0.15) is 47.0 Å². The van der Waals surface area contributed by atoms with Gasteiger partial charge in [0, 0.05) is 12.8 Å². The van der Waals surface area contributed by atoms with Crippen molar-refractivity contribution < 1.29 is 8.42 Å². The monoisotopic (exact) mass is 261 g/mol. The molecule has 0 aromatic heterocycles. The van der Waals surface area contributed by atoms with Crippen molar-refractivity contribution in [2.45, 2.75) is 51.7 Å². The number of nitrogens with one attached hydrogen (secondary N) is 1. The molecule has 1 saturated carbocycles. The lowest BCUT2D eigenvalue weighted by atomic mass is 9.62. The Morgan fingerprint density at radius 2 is 1.82 bits per heavy atom. The van der Waals surface area contributed by atoms with Crippen molar-refractivity contribution in [1.29, 1.82) is 0 Å². The van der Waals surface area contributed by atoms with Crippen LogP contribution in [0.25, 0.3) is 0 Å². The summed E-state index contributed by atoms with van der Waals surface area (Å²) in [6.07, 6.45) is 4.06. The van der Waals surface area contributed by atoms with Gasteiger partial charge in [-0.05, 0) is 37.1 Å². The summed E-state index contributed by atoms with van der Waals surface area (Å²) in [4.78, 5) is 0. The molecule has 1 fully saturated rings. The highest BCUT2D eigenvalue weighted by Gasteiger charge is 2.54. The second kappa shape index (κ2) is 4.88. The van der Waals surface area contributed by atoms with Crippen molar-refractivity contribution in [3.63, 3.8) is 0 Å². The zero-order valence-electron chi connectivity index (χ0n) is 11.8. The molecule has 1 N–H and O–H groups in total. The smallest absolute Gasteiger partial charge is 0.154 e. The predicted molar refractivity (Wildman–Crippen MR) is 72.9 cm³/mol. The SMILES string of the molecule is CCCNCC1(S(C)(=O)=O)CC(C(C)(C)C)C1. The van der Waals surface area contributed by atoms with E-state index in [2.05, 4.69) is 33.0 Å². The number of hydrogen-bond donors (Lipinski definition) is 1. The van der Waals surface area contributed by atoms with Gasteiger partial charge in [-0.25, -0.2) is 8.42 Å². The lowest BCUT2D eigenvalue weighted by Gasteiger charge is -2.51. The molecule has 102 valence electrons. The molecule has 0 aromatic carbocycles. The van der Waals surface area contributed by atoms with E-state index in [0.29, 0.717) is 12.5 Å². The van der Waals surface area contributed by atoms with Crippen LogP contribution in [0.4, 0.5) is 0 Å². The van der Waals surface area contributed by atoms with Crippen molar-refractivity contribution in [3.05, 3.63) is 0 Å². The van der Waals surface area contributed by atoms with Crippen LogP contribution in [-0.4, -0.2) is 32.5 Å². The van der Waals surface area contributed by atoms with E-state index >= 15 is 0 Å². The maximum atomic E-state index is 12.0. The van der Waals surface area contributed by atoms with Gasteiger partial charge < -0.3 is 5.32 Å². The van der Waals surface area contributed by atoms with Gasteiger partial charge in [-0.2, -0.15) is 0 Å². The van der Waals surface area contributed by atoms with Gasteiger partial charge in [0.2, 0.25) is 0 Å². The molecule has 0 heterocycles. The summed E-state index contributed by atoms with van der Waals surface area (Å²) in [7, 11) is -2.96. The summed E-state index contributed by atoms with van der Waals surface area (Å²) in [6, 6.07) is 0. The summed E-state index contributed by atoms with van der Waals surface area (Å²) in [6.45, 7) is 10.2. The molecule has 0 unspecified atom stereocenters. The summed E-state index contributed by atoms with van der Waals surface area (Å²) in [5.41, 5.74) is 0.221. The molecular formula is C13H27NO2S. The van der Waals surface area contributed by atoms with Crippen LogP contribution in [0.5, 0.6) is 0 Å². The number of sulfone groups is 1. The first-order valence-electron chi connectivity index (χ1n) is 6.53. The third-order valence-corrected chi connectivity index (χ3v) is 6.17. The molecule has 0 aliphatic heterocycles. The van der Waals surface area contributed by atoms with E-state index in [1.54, 1.807) is 0 Å². The topological polar surface area (TPSA) is 46.2 Å². The highest BCUT2D eigenvalue weighted by Crippen LogP contribution is 2.51. The van der Waals surface area contributed by atoms with E-state index in [0.717, 1.165) is 25.8 Å². The Labute approximate surface area is 106 Å². The van der Waals surface area contributed by atoms with Crippen molar-refractivity contribution in [1.82, 2.24) is 5.32 Å². The van der Waals surface area contributed by atoms with Crippen LogP contribution in [-0.2, 0) is 9.84 Å². The minimum atomic E-state index is -2.96. The first-order chi connectivity index (χ1) is 7.62. The quantitative estimate of drug-likeness (QED) is 0.772. The molecule has 0 saturated heterocycles.